The van der Waals surface area contributed by atoms with Crippen LogP contribution in [-0.4, -0.2) is 22.1 Å². The SMILES string of the molecule is COC(C)(CNS(=O)(=O)c1ccc(F)cc1C)c1ccccc1F. The van der Waals surface area contributed by atoms with E-state index in [1.54, 1.807) is 19.1 Å². The fraction of sp³-hybridized carbons (Fsp3) is 0.294. The maximum atomic E-state index is 14.0. The van der Waals surface area contributed by atoms with E-state index in [0.717, 1.165) is 12.1 Å². The van der Waals surface area contributed by atoms with Crippen molar-refractivity contribution in [3.63, 3.8) is 0 Å². The van der Waals surface area contributed by atoms with E-state index in [-0.39, 0.29) is 22.6 Å². The van der Waals surface area contributed by atoms with Gasteiger partial charge < -0.3 is 4.74 Å². The van der Waals surface area contributed by atoms with Gasteiger partial charge in [0.25, 0.3) is 0 Å². The summed E-state index contributed by atoms with van der Waals surface area (Å²) >= 11 is 0. The molecule has 0 radical (unpaired) electrons. The molecule has 0 bridgehead atoms. The van der Waals surface area contributed by atoms with E-state index in [1.165, 1.54) is 32.2 Å². The molecule has 0 aliphatic heterocycles. The number of rotatable bonds is 6. The Labute approximate surface area is 140 Å². The quantitative estimate of drug-likeness (QED) is 0.866. The Bertz CT molecular complexity index is 839. The lowest BCUT2D eigenvalue weighted by Gasteiger charge is -2.29. The van der Waals surface area contributed by atoms with Crippen molar-refractivity contribution in [3.05, 3.63) is 65.2 Å². The summed E-state index contributed by atoms with van der Waals surface area (Å²) in [6.07, 6.45) is 0. The van der Waals surface area contributed by atoms with Crippen molar-refractivity contribution in [3.8, 4) is 0 Å². The molecule has 2 aromatic carbocycles. The summed E-state index contributed by atoms with van der Waals surface area (Å²) in [7, 11) is -2.51. The number of methoxy groups -OCH3 is 1. The number of halogens is 2. The van der Waals surface area contributed by atoms with Gasteiger partial charge in [0.1, 0.15) is 17.2 Å². The monoisotopic (exact) mass is 355 g/mol. The molecule has 7 heteroatoms. The third kappa shape index (κ3) is 3.80. The fourth-order valence-electron chi connectivity index (χ4n) is 2.39. The van der Waals surface area contributed by atoms with Crippen LogP contribution in [0.2, 0.25) is 0 Å². The molecule has 24 heavy (non-hydrogen) atoms. The maximum Gasteiger partial charge on any atom is 0.240 e. The lowest BCUT2D eigenvalue weighted by Crippen LogP contribution is -2.40. The molecule has 1 atom stereocenters. The Morgan fingerprint density at radius 2 is 1.83 bits per heavy atom. The summed E-state index contributed by atoms with van der Waals surface area (Å²) in [6.45, 7) is 2.92. The number of nitrogens with one attached hydrogen (secondary N) is 1. The molecule has 1 N–H and O–H groups in total. The lowest BCUT2D eigenvalue weighted by molar-refractivity contribution is 0.00410. The minimum Gasteiger partial charge on any atom is -0.372 e. The van der Waals surface area contributed by atoms with Gasteiger partial charge in [0.2, 0.25) is 10.0 Å². The third-order valence-electron chi connectivity index (χ3n) is 3.92. The number of benzene rings is 2. The maximum absolute atomic E-state index is 14.0. The van der Waals surface area contributed by atoms with Crippen LogP contribution in [0.4, 0.5) is 8.78 Å². The fourth-order valence-corrected chi connectivity index (χ4v) is 3.74. The Morgan fingerprint density at radius 1 is 1.17 bits per heavy atom. The van der Waals surface area contributed by atoms with Crippen LogP contribution >= 0.6 is 0 Å². The molecule has 130 valence electrons. The summed E-state index contributed by atoms with van der Waals surface area (Å²) in [5.74, 6) is -1.00. The van der Waals surface area contributed by atoms with E-state index in [1.807, 2.05) is 0 Å². The van der Waals surface area contributed by atoms with Gasteiger partial charge in [-0.05, 0) is 43.7 Å². The first-order valence-corrected chi connectivity index (χ1v) is 8.74. The van der Waals surface area contributed by atoms with Gasteiger partial charge >= 0.3 is 0 Å². The van der Waals surface area contributed by atoms with Crippen molar-refractivity contribution in [2.24, 2.45) is 0 Å². The van der Waals surface area contributed by atoms with Gasteiger partial charge in [0.05, 0.1) is 4.90 Å². The van der Waals surface area contributed by atoms with Crippen LogP contribution in [0.1, 0.15) is 18.1 Å². The molecule has 0 heterocycles. The van der Waals surface area contributed by atoms with Crippen LogP contribution < -0.4 is 4.72 Å². The normalized spacial score (nSPS) is 14.4. The molecule has 0 aromatic heterocycles. The highest BCUT2D eigenvalue weighted by Crippen LogP contribution is 2.27. The van der Waals surface area contributed by atoms with Crippen molar-refractivity contribution >= 4 is 10.0 Å². The number of hydrogen-bond donors (Lipinski definition) is 1. The van der Waals surface area contributed by atoms with Gasteiger partial charge in [0, 0.05) is 19.2 Å². The van der Waals surface area contributed by atoms with E-state index in [0.29, 0.717) is 0 Å². The Hall–Kier alpha value is -1.83. The number of hydrogen-bond acceptors (Lipinski definition) is 3. The minimum absolute atomic E-state index is 0.0316. The van der Waals surface area contributed by atoms with E-state index < -0.39 is 27.3 Å². The van der Waals surface area contributed by atoms with Gasteiger partial charge in [0.15, 0.2) is 0 Å². The van der Waals surface area contributed by atoms with Gasteiger partial charge in [-0.3, -0.25) is 0 Å². The molecule has 0 saturated carbocycles. The van der Waals surface area contributed by atoms with Gasteiger partial charge in [-0.25, -0.2) is 21.9 Å². The predicted molar refractivity (Wildman–Crippen MR) is 87.1 cm³/mol. The highest BCUT2D eigenvalue weighted by molar-refractivity contribution is 7.89. The largest absolute Gasteiger partial charge is 0.372 e. The average molecular weight is 355 g/mol. The summed E-state index contributed by atoms with van der Waals surface area (Å²) in [5, 5.41) is 0. The highest BCUT2D eigenvalue weighted by Gasteiger charge is 2.31. The molecule has 0 saturated heterocycles. The van der Waals surface area contributed by atoms with Crippen LogP contribution in [0.15, 0.2) is 47.4 Å². The summed E-state index contributed by atoms with van der Waals surface area (Å²) in [5.41, 5.74) is -0.662. The summed E-state index contributed by atoms with van der Waals surface area (Å²) in [4.78, 5) is -0.0316. The highest BCUT2D eigenvalue weighted by atomic mass is 32.2. The van der Waals surface area contributed by atoms with Gasteiger partial charge in [-0.15, -0.1) is 0 Å². The second kappa shape index (κ2) is 6.96. The van der Waals surface area contributed by atoms with E-state index in [4.69, 9.17) is 4.74 Å². The second-order valence-corrected chi connectivity index (χ2v) is 7.38. The average Bonchev–Trinajstić information content (AvgIpc) is 2.53. The van der Waals surface area contributed by atoms with Crippen molar-refractivity contribution < 1.29 is 21.9 Å². The molecule has 0 fully saturated rings. The zero-order valence-corrected chi connectivity index (χ0v) is 14.5. The second-order valence-electron chi connectivity index (χ2n) is 5.65. The number of sulfonamides is 1. The molecular weight excluding hydrogens is 336 g/mol. The molecule has 2 rings (SSSR count). The molecule has 0 spiro atoms. The third-order valence-corrected chi connectivity index (χ3v) is 5.48. The zero-order valence-electron chi connectivity index (χ0n) is 13.6. The first-order chi connectivity index (χ1) is 11.2. The molecule has 0 amide bonds. The van der Waals surface area contributed by atoms with E-state index in [9.17, 15) is 17.2 Å². The Morgan fingerprint density at radius 3 is 2.42 bits per heavy atom. The molecule has 4 nitrogen and oxygen atoms in total. The molecular formula is C17H19F2NO3S. The Kier molecular flexibility index (Phi) is 5.37. The van der Waals surface area contributed by atoms with Crippen LogP contribution in [0.5, 0.6) is 0 Å². The van der Waals surface area contributed by atoms with Crippen molar-refractivity contribution in [1.82, 2.24) is 4.72 Å². The van der Waals surface area contributed by atoms with Crippen molar-refractivity contribution in [2.75, 3.05) is 13.7 Å². The first kappa shape index (κ1) is 18.5. The zero-order chi connectivity index (χ0) is 18.0. The number of aryl methyl sites for hydroxylation is 1. The van der Waals surface area contributed by atoms with Crippen LogP contribution in [-0.2, 0) is 20.4 Å². The number of ether oxygens (including phenoxy) is 1. The molecule has 0 aliphatic rings. The van der Waals surface area contributed by atoms with Crippen molar-refractivity contribution in [2.45, 2.75) is 24.3 Å². The van der Waals surface area contributed by atoms with E-state index >= 15 is 0 Å². The standard InChI is InChI=1S/C17H19F2NO3S/c1-12-10-13(18)8-9-16(12)24(21,22)20-11-17(2,23-3)14-6-4-5-7-15(14)19/h4-10,20H,11H2,1-3H3. The molecule has 1 unspecified atom stereocenters. The van der Waals surface area contributed by atoms with E-state index in [2.05, 4.69) is 4.72 Å². The lowest BCUT2D eigenvalue weighted by atomic mass is 9.95. The van der Waals surface area contributed by atoms with Crippen LogP contribution in [0.25, 0.3) is 0 Å². The Balaban J connectivity index is 2.28. The minimum atomic E-state index is -3.89. The summed E-state index contributed by atoms with van der Waals surface area (Å²) in [6, 6.07) is 9.42. The van der Waals surface area contributed by atoms with Gasteiger partial charge in [-0.1, -0.05) is 18.2 Å². The first-order valence-electron chi connectivity index (χ1n) is 7.25. The molecule has 2 aromatic rings. The summed E-state index contributed by atoms with van der Waals surface area (Å²) < 4.78 is 59.9. The molecule has 0 aliphatic carbocycles. The smallest absolute Gasteiger partial charge is 0.240 e. The topological polar surface area (TPSA) is 55.4 Å². The van der Waals surface area contributed by atoms with Crippen LogP contribution in [0.3, 0.4) is 0 Å². The van der Waals surface area contributed by atoms with Gasteiger partial charge in [-0.2, -0.15) is 0 Å². The van der Waals surface area contributed by atoms with Crippen molar-refractivity contribution in [1.29, 1.82) is 0 Å². The predicted octanol–water partition coefficient (Wildman–Crippen LogP) is 3.11. The van der Waals surface area contributed by atoms with Crippen LogP contribution in [0, 0.1) is 18.6 Å².